The number of amides is 2. The Bertz CT molecular complexity index is 809. The Labute approximate surface area is 133 Å². The van der Waals surface area contributed by atoms with Crippen LogP contribution in [0.1, 0.15) is 23.2 Å². The molecule has 2 aromatic rings. The highest BCUT2D eigenvalue weighted by Crippen LogP contribution is 2.23. The molecule has 0 unspecified atom stereocenters. The van der Waals surface area contributed by atoms with Gasteiger partial charge in [-0.25, -0.2) is 0 Å². The summed E-state index contributed by atoms with van der Waals surface area (Å²) >= 11 is 0. The number of pyridine rings is 1. The molecule has 1 fully saturated rings. The van der Waals surface area contributed by atoms with Crippen LogP contribution < -0.4 is 15.8 Å². The van der Waals surface area contributed by atoms with Crippen LogP contribution in [0.4, 0.5) is 11.4 Å². The number of carbonyl (C=O) groups is 2. The fourth-order valence-corrected chi connectivity index (χ4v) is 2.61. The van der Waals surface area contributed by atoms with Crippen molar-refractivity contribution in [3.8, 4) is 0 Å². The van der Waals surface area contributed by atoms with Gasteiger partial charge in [0.25, 0.3) is 11.5 Å². The van der Waals surface area contributed by atoms with Crippen LogP contribution in [-0.4, -0.2) is 22.9 Å². The standard InChI is InChI=1S/C17H17N3O3/c1-19-10-2-4-14(17(19)23)16(22)18-12-6-8-13(9-7-12)20-11-3-5-15(20)21/h2,4,6-10H,3,5,11H2,1H3,(H,18,22). The summed E-state index contributed by atoms with van der Waals surface area (Å²) in [6, 6.07) is 10.2. The normalized spacial score (nSPS) is 14.1. The van der Waals surface area contributed by atoms with Crippen molar-refractivity contribution < 1.29 is 9.59 Å². The number of hydrogen-bond donors (Lipinski definition) is 1. The average Bonchev–Trinajstić information content (AvgIpc) is 2.97. The van der Waals surface area contributed by atoms with Crippen molar-refractivity contribution in [3.63, 3.8) is 0 Å². The zero-order valence-corrected chi connectivity index (χ0v) is 12.8. The minimum Gasteiger partial charge on any atom is -0.322 e. The molecular formula is C17H17N3O3. The summed E-state index contributed by atoms with van der Waals surface area (Å²) in [6.45, 7) is 0.727. The van der Waals surface area contributed by atoms with Gasteiger partial charge in [-0.15, -0.1) is 0 Å². The topological polar surface area (TPSA) is 71.4 Å². The molecule has 0 radical (unpaired) electrons. The fourth-order valence-electron chi connectivity index (χ4n) is 2.61. The minimum absolute atomic E-state index is 0.0915. The van der Waals surface area contributed by atoms with Crippen molar-refractivity contribution in [2.24, 2.45) is 7.05 Å². The van der Waals surface area contributed by atoms with Crippen LogP contribution in [0.5, 0.6) is 0 Å². The first-order chi connectivity index (χ1) is 11.1. The molecule has 0 spiro atoms. The van der Waals surface area contributed by atoms with Crippen LogP contribution in [0.2, 0.25) is 0 Å². The summed E-state index contributed by atoms with van der Waals surface area (Å²) in [7, 11) is 1.60. The van der Waals surface area contributed by atoms with Gasteiger partial charge in [-0.3, -0.25) is 14.4 Å². The van der Waals surface area contributed by atoms with Crippen LogP contribution in [0.15, 0.2) is 47.4 Å². The summed E-state index contributed by atoms with van der Waals surface area (Å²) in [5.41, 5.74) is 1.15. The SMILES string of the molecule is Cn1cccc(C(=O)Nc2ccc(N3CCCC3=O)cc2)c1=O. The van der Waals surface area contributed by atoms with Crippen molar-refractivity contribution in [2.45, 2.75) is 12.8 Å². The molecule has 1 aliphatic rings. The van der Waals surface area contributed by atoms with Crippen LogP contribution >= 0.6 is 0 Å². The van der Waals surface area contributed by atoms with E-state index in [9.17, 15) is 14.4 Å². The van der Waals surface area contributed by atoms with Gasteiger partial charge < -0.3 is 14.8 Å². The lowest BCUT2D eigenvalue weighted by Crippen LogP contribution is -2.27. The van der Waals surface area contributed by atoms with Crippen molar-refractivity contribution in [2.75, 3.05) is 16.8 Å². The average molecular weight is 311 g/mol. The van der Waals surface area contributed by atoms with Crippen molar-refractivity contribution in [1.29, 1.82) is 0 Å². The van der Waals surface area contributed by atoms with Gasteiger partial charge in [0.1, 0.15) is 5.56 Å². The Hall–Kier alpha value is -2.89. The number of hydrogen-bond acceptors (Lipinski definition) is 3. The lowest BCUT2D eigenvalue weighted by molar-refractivity contribution is -0.117. The van der Waals surface area contributed by atoms with Crippen LogP contribution in [0, 0.1) is 0 Å². The predicted molar refractivity (Wildman–Crippen MR) is 87.7 cm³/mol. The number of nitrogens with zero attached hydrogens (tertiary/aromatic N) is 2. The zero-order chi connectivity index (χ0) is 16.4. The highest BCUT2D eigenvalue weighted by molar-refractivity contribution is 6.04. The lowest BCUT2D eigenvalue weighted by atomic mass is 10.2. The Kier molecular flexibility index (Phi) is 3.97. The second-order valence-corrected chi connectivity index (χ2v) is 5.49. The second kappa shape index (κ2) is 6.08. The summed E-state index contributed by atoms with van der Waals surface area (Å²) < 4.78 is 1.36. The third-order valence-electron chi connectivity index (χ3n) is 3.88. The van der Waals surface area contributed by atoms with Gasteiger partial charge in [-0.1, -0.05) is 0 Å². The van der Waals surface area contributed by atoms with Gasteiger partial charge >= 0.3 is 0 Å². The van der Waals surface area contributed by atoms with Crippen molar-refractivity contribution in [3.05, 3.63) is 58.5 Å². The quantitative estimate of drug-likeness (QED) is 0.939. The Balaban J connectivity index is 1.75. The first-order valence-electron chi connectivity index (χ1n) is 7.44. The molecule has 1 aliphatic heterocycles. The van der Waals surface area contributed by atoms with Crippen LogP contribution in [0.25, 0.3) is 0 Å². The number of aryl methyl sites for hydroxylation is 1. The van der Waals surface area contributed by atoms with Gasteiger partial charge in [-0.2, -0.15) is 0 Å². The maximum atomic E-state index is 12.2. The Morgan fingerprint density at radius 3 is 2.52 bits per heavy atom. The third kappa shape index (κ3) is 3.01. The Morgan fingerprint density at radius 1 is 1.13 bits per heavy atom. The van der Waals surface area contributed by atoms with E-state index < -0.39 is 5.91 Å². The molecule has 2 heterocycles. The molecule has 1 aromatic heterocycles. The number of anilines is 2. The van der Waals surface area contributed by atoms with Crippen molar-refractivity contribution >= 4 is 23.2 Å². The molecular weight excluding hydrogens is 294 g/mol. The largest absolute Gasteiger partial charge is 0.322 e. The molecule has 6 nitrogen and oxygen atoms in total. The molecule has 1 N–H and O–H groups in total. The molecule has 2 amide bonds. The molecule has 3 rings (SSSR count). The third-order valence-corrected chi connectivity index (χ3v) is 3.88. The monoisotopic (exact) mass is 311 g/mol. The minimum atomic E-state index is -0.448. The molecule has 0 bridgehead atoms. The van der Waals surface area contributed by atoms with Gasteiger partial charge in [0.05, 0.1) is 0 Å². The second-order valence-electron chi connectivity index (χ2n) is 5.49. The maximum Gasteiger partial charge on any atom is 0.263 e. The molecule has 23 heavy (non-hydrogen) atoms. The summed E-state index contributed by atoms with van der Waals surface area (Å²) in [4.78, 5) is 37.6. The number of aromatic nitrogens is 1. The van der Waals surface area contributed by atoms with Gasteiger partial charge in [0.15, 0.2) is 0 Å². The molecule has 118 valence electrons. The van der Waals surface area contributed by atoms with Gasteiger partial charge in [0, 0.05) is 37.6 Å². The predicted octanol–water partition coefficient (Wildman–Crippen LogP) is 1.76. The summed E-state index contributed by atoms with van der Waals surface area (Å²) in [5, 5.41) is 2.70. The smallest absolute Gasteiger partial charge is 0.263 e. The van der Waals surface area contributed by atoms with E-state index in [1.165, 1.54) is 10.6 Å². The maximum absolute atomic E-state index is 12.2. The summed E-state index contributed by atoms with van der Waals surface area (Å²) in [6.07, 6.45) is 3.05. The van der Waals surface area contributed by atoms with E-state index in [1.807, 2.05) is 0 Å². The first kappa shape index (κ1) is 15.0. The number of benzene rings is 1. The van der Waals surface area contributed by atoms with Crippen molar-refractivity contribution in [1.82, 2.24) is 4.57 Å². The van der Waals surface area contributed by atoms with E-state index in [4.69, 9.17) is 0 Å². The number of rotatable bonds is 3. The number of carbonyl (C=O) groups excluding carboxylic acids is 2. The van der Waals surface area contributed by atoms with Gasteiger partial charge in [0.2, 0.25) is 5.91 Å². The number of nitrogens with one attached hydrogen (secondary N) is 1. The first-order valence-corrected chi connectivity index (χ1v) is 7.44. The van der Waals surface area contributed by atoms with E-state index in [-0.39, 0.29) is 17.0 Å². The van der Waals surface area contributed by atoms with E-state index in [2.05, 4.69) is 5.32 Å². The summed E-state index contributed by atoms with van der Waals surface area (Å²) in [5.74, 6) is -0.328. The van der Waals surface area contributed by atoms with E-state index in [0.29, 0.717) is 12.1 Å². The molecule has 1 saturated heterocycles. The van der Waals surface area contributed by atoms with Gasteiger partial charge in [-0.05, 0) is 42.8 Å². The Morgan fingerprint density at radius 2 is 1.87 bits per heavy atom. The molecule has 0 aliphatic carbocycles. The lowest BCUT2D eigenvalue weighted by Gasteiger charge is -2.16. The van der Waals surface area contributed by atoms with E-state index in [0.717, 1.165) is 18.7 Å². The van der Waals surface area contributed by atoms with Crippen LogP contribution in [-0.2, 0) is 11.8 Å². The molecule has 0 atom stereocenters. The highest BCUT2D eigenvalue weighted by Gasteiger charge is 2.21. The zero-order valence-electron chi connectivity index (χ0n) is 12.8. The van der Waals surface area contributed by atoms with E-state index >= 15 is 0 Å². The fraction of sp³-hybridized carbons (Fsp3) is 0.235. The van der Waals surface area contributed by atoms with E-state index in [1.54, 1.807) is 48.5 Å². The molecule has 0 saturated carbocycles. The highest BCUT2D eigenvalue weighted by atomic mass is 16.2. The van der Waals surface area contributed by atoms with Crippen LogP contribution in [0.3, 0.4) is 0 Å². The molecule has 6 heteroatoms. The molecule has 1 aromatic carbocycles.